The van der Waals surface area contributed by atoms with Crippen LogP contribution in [-0.4, -0.2) is 59.7 Å². The van der Waals surface area contributed by atoms with Crippen LogP contribution in [0.2, 0.25) is 0 Å². The van der Waals surface area contributed by atoms with Gasteiger partial charge in [0.25, 0.3) is 0 Å². The van der Waals surface area contributed by atoms with Gasteiger partial charge in [-0.1, -0.05) is 18.7 Å². The molecule has 0 aromatic heterocycles. The molecule has 1 amide bonds. The molecule has 0 aliphatic carbocycles. The van der Waals surface area contributed by atoms with E-state index in [1.165, 1.54) is 18.2 Å². The third kappa shape index (κ3) is 5.52. The number of rotatable bonds is 10. The van der Waals surface area contributed by atoms with Crippen LogP contribution in [0.5, 0.6) is 0 Å². The minimum atomic E-state index is -2.81. The summed E-state index contributed by atoms with van der Waals surface area (Å²) in [4.78, 5) is 25.1. The van der Waals surface area contributed by atoms with Gasteiger partial charge >= 0.3 is 0 Å². The quantitative estimate of drug-likeness (QED) is 0.168. The number of fused-ring (bicyclic) bond motifs is 1. The maximum absolute atomic E-state index is 16.0. The molecular weight excluding hydrogens is 464 g/mol. The van der Waals surface area contributed by atoms with E-state index in [9.17, 15) is 24.9 Å². The Morgan fingerprint density at radius 1 is 1.25 bits per heavy atom. The molecule has 0 saturated heterocycles. The van der Waals surface area contributed by atoms with Gasteiger partial charge in [0.1, 0.15) is 13.7 Å². The fourth-order valence-corrected chi connectivity index (χ4v) is 4.13. The molecule has 190 valence electrons. The first kappa shape index (κ1) is 27.5. The Balaban J connectivity index is 2.04. The Morgan fingerprint density at radius 2 is 1.94 bits per heavy atom. The molecule has 0 saturated carbocycles. The van der Waals surface area contributed by atoms with E-state index in [1.807, 2.05) is 0 Å². The number of aliphatic hydroxyl groups is 3. The van der Waals surface area contributed by atoms with E-state index in [0.29, 0.717) is 29.8 Å². The molecule has 2 unspecified atom stereocenters. The van der Waals surface area contributed by atoms with Crippen LogP contribution in [0, 0.1) is 12.7 Å². The van der Waals surface area contributed by atoms with Crippen LogP contribution >= 0.6 is 0 Å². The van der Waals surface area contributed by atoms with E-state index >= 15 is 4.39 Å². The lowest BCUT2D eigenvalue weighted by Gasteiger charge is -2.42. The van der Waals surface area contributed by atoms with Crippen LogP contribution in [-0.2, 0) is 11.2 Å². The summed E-state index contributed by atoms with van der Waals surface area (Å²) < 4.78 is 16.0. The topological polar surface area (TPSA) is 131 Å². The Bertz CT molecular complexity index is 1190. The zero-order valence-electron chi connectivity index (χ0n) is 20.6. The average molecular weight is 495 g/mol. The number of amides is 1. The van der Waals surface area contributed by atoms with E-state index in [2.05, 4.69) is 22.5 Å². The van der Waals surface area contributed by atoms with E-state index in [4.69, 9.17) is 7.85 Å². The average Bonchev–Trinajstić information content (AvgIpc) is 2.81. The molecule has 8 nitrogen and oxygen atoms in total. The number of carbonyl (C=O) groups is 2. The number of hydrogen-bond acceptors (Lipinski definition) is 7. The second kappa shape index (κ2) is 10.5. The summed E-state index contributed by atoms with van der Waals surface area (Å²) >= 11 is 0. The monoisotopic (exact) mass is 495 g/mol. The van der Waals surface area contributed by atoms with Gasteiger partial charge in [-0.25, -0.2) is 4.39 Å². The third-order valence-corrected chi connectivity index (χ3v) is 6.51. The summed E-state index contributed by atoms with van der Waals surface area (Å²) in [5.74, 6) is -4.45. The van der Waals surface area contributed by atoms with Crippen molar-refractivity contribution in [2.75, 3.05) is 18.9 Å². The fourth-order valence-electron chi connectivity index (χ4n) is 4.13. The van der Waals surface area contributed by atoms with Crippen LogP contribution in [0.25, 0.3) is 0 Å². The lowest BCUT2D eigenvalue weighted by Crippen LogP contribution is -2.60. The van der Waals surface area contributed by atoms with Crippen molar-refractivity contribution in [3.63, 3.8) is 0 Å². The smallest absolute Gasteiger partial charge is 0.224 e. The maximum atomic E-state index is 16.0. The van der Waals surface area contributed by atoms with E-state index in [0.717, 1.165) is 12.5 Å². The van der Waals surface area contributed by atoms with E-state index in [1.54, 1.807) is 26.1 Å². The molecule has 0 fully saturated rings. The number of halogens is 1. The maximum Gasteiger partial charge on any atom is 0.224 e. The number of anilines is 1. The molecule has 0 spiro atoms. The van der Waals surface area contributed by atoms with Gasteiger partial charge in [0.05, 0.1) is 17.1 Å². The van der Waals surface area contributed by atoms with Crippen molar-refractivity contribution in [1.29, 1.82) is 0 Å². The molecule has 2 aromatic rings. The van der Waals surface area contributed by atoms with Crippen molar-refractivity contribution in [2.24, 2.45) is 0 Å². The minimum absolute atomic E-state index is 0.109. The number of hydrogen-bond donors (Lipinski definition) is 6. The van der Waals surface area contributed by atoms with Crippen LogP contribution in [0.3, 0.4) is 0 Å². The van der Waals surface area contributed by atoms with Gasteiger partial charge in [0, 0.05) is 42.5 Å². The Kier molecular flexibility index (Phi) is 8.05. The highest BCUT2D eigenvalue weighted by Gasteiger charge is 2.47. The Hall–Kier alpha value is -3.05. The second-order valence-corrected chi connectivity index (χ2v) is 9.25. The first-order chi connectivity index (χ1) is 16.8. The zero-order valence-corrected chi connectivity index (χ0v) is 20.6. The molecule has 1 aliphatic rings. The number of nitrogens with one attached hydrogen (secondary N) is 3. The zero-order chi connectivity index (χ0) is 26.8. The van der Waals surface area contributed by atoms with Gasteiger partial charge in [-0.2, -0.15) is 0 Å². The van der Waals surface area contributed by atoms with Gasteiger partial charge in [0.15, 0.2) is 11.6 Å². The highest BCUT2D eigenvalue weighted by molar-refractivity contribution is 6.16. The number of carbonyl (C=O) groups excluding carboxylic acids is 2. The standard InChI is InChI=1S/C26H31BFN3O5/c1-14-5-8-18(24(26(27,36)25(3,34)35)30-12-11-15(2)29-4)22(28)21(14)23(33)17-6-9-19-16(13-17)7-10-20(32)31-19/h5-6,8-9,13,24,29-30,34-36H,2,7,10-12H2,1,3-4H3,(H,31,32). The van der Waals surface area contributed by atoms with Crippen LogP contribution in [0.15, 0.2) is 42.6 Å². The van der Waals surface area contributed by atoms with Crippen molar-refractivity contribution < 1.29 is 29.3 Å². The summed E-state index contributed by atoms with van der Waals surface area (Å²) in [6.07, 6.45) is 1.12. The molecule has 2 aromatic carbocycles. The molecule has 2 radical (unpaired) electrons. The van der Waals surface area contributed by atoms with Crippen molar-refractivity contribution in [1.82, 2.24) is 10.6 Å². The first-order valence-corrected chi connectivity index (χ1v) is 11.6. The molecule has 6 N–H and O–H groups in total. The lowest BCUT2D eigenvalue weighted by molar-refractivity contribution is -0.240. The summed E-state index contributed by atoms with van der Waals surface area (Å²) in [5, 5.41) is 39.7. The van der Waals surface area contributed by atoms with E-state index in [-0.39, 0.29) is 35.6 Å². The Morgan fingerprint density at radius 3 is 2.58 bits per heavy atom. The fraction of sp³-hybridized carbons (Fsp3) is 0.385. The van der Waals surface area contributed by atoms with Crippen LogP contribution in [0.4, 0.5) is 10.1 Å². The summed E-state index contributed by atoms with van der Waals surface area (Å²) in [7, 11) is 7.60. The summed E-state index contributed by atoms with van der Waals surface area (Å²) in [5.41, 5.74) is -0.542. The summed E-state index contributed by atoms with van der Waals surface area (Å²) in [6, 6.07) is 6.10. The van der Waals surface area contributed by atoms with Gasteiger partial charge < -0.3 is 31.3 Å². The van der Waals surface area contributed by atoms with Crippen molar-refractivity contribution in [3.8, 4) is 0 Å². The third-order valence-electron chi connectivity index (χ3n) is 6.51. The van der Waals surface area contributed by atoms with Gasteiger partial charge in [-0.05, 0) is 56.0 Å². The number of aryl methyl sites for hydroxylation is 2. The van der Waals surface area contributed by atoms with Crippen molar-refractivity contribution in [3.05, 3.63) is 76.2 Å². The number of benzene rings is 2. The molecule has 1 heterocycles. The summed E-state index contributed by atoms with van der Waals surface area (Å²) in [6.45, 7) is 6.43. The molecule has 3 rings (SSSR count). The molecule has 10 heteroatoms. The highest BCUT2D eigenvalue weighted by Crippen LogP contribution is 2.35. The minimum Gasteiger partial charge on any atom is -0.392 e. The Labute approximate surface area is 211 Å². The largest absolute Gasteiger partial charge is 0.392 e. The normalized spacial score (nSPS) is 15.9. The van der Waals surface area contributed by atoms with Crippen molar-refractivity contribution in [2.45, 2.75) is 50.4 Å². The molecule has 2 atom stereocenters. The van der Waals surface area contributed by atoms with Gasteiger partial charge in [-0.3, -0.25) is 9.59 Å². The SMILES string of the molecule is [B]C(O)(C(NCCC(=C)NC)c1ccc(C)c(C(=O)c2ccc3c(c2)CCC(=O)N3)c1F)C(C)(O)O. The van der Waals surface area contributed by atoms with Crippen LogP contribution in [0.1, 0.15) is 58.4 Å². The van der Waals surface area contributed by atoms with Gasteiger partial charge in [0.2, 0.25) is 5.91 Å². The van der Waals surface area contributed by atoms with Crippen molar-refractivity contribution >= 4 is 25.2 Å². The molecule has 0 bridgehead atoms. The molecule has 36 heavy (non-hydrogen) atoms. The highest BCUT2D eigenvalue weighted by atomic mass is 19.1. The molecular formula is C26H31BFN3O5. The second-order valence-electron chi connectivity index (χ2n) is 9.25. The first-order valence-electron chi connectivity index (χ1n) is 11.6. The molecule has 1 aliphatic heterocycles. The predicted octanol–water partition coefficient (Wildman–Crippen LogP) is 1.56. The van der Waals surface area contributed by atoms with E-state index < -0.39 is 28.9 Å². The predicted molar refractivity (Wildman–Crippen MR) is 135 cm³/mol. The van der Waals surface area contributed by atoms with Gasteiger partial charge in [-0.15, -0.1) is 0 Å². The van der Waals surface area contributed by atoms with Crippen LogP contribution < -0.4 is 16.0 Å². The lowest BCUT2D eigenvalue weighted by atomic mass is 9.67. The number of ketones is 1.